The van der Waals surface area contributed by atoms with Gasteiger partial charge in [-0.3, -0.25) is 9.59 Å². The third-order valence-corrected chi connectivity index (χ3v) is 23.5. The number of rotatable bonds is 26. The lowest BCUT2D eigenvalue weighted by Gasteiger charge is -2.35. The van der Waals surface area contributed by atoms with Crippen LogP contribution in [0.1, 0.15) is 239 Å². The van der Waals surface area contributed by atoms with E-state index in [9.17, 15) is 30.6 Å². The van der Waals surface area contributed by atoms with E-state index in [0.717, 1.165) is 218 Å². The van der Waals surface area contributed by atoms with E-state index in [4.69, 9.17) is 0 Å². The molecule has 13 rings (SSSR count). The molecular formula is C90H78F4N4O2S2. The molecule has 2 heterocycles. The van der Waals surface area contributed by atoms with Crippen LogP contribution in [0.5, 0.6) is 0 Å². The monoisotopic (exact) mass is 1390 g/mol. The summed E-state index contributed by atoms with van der Waals surface area (Å²) in [7, 11) is 0. The number of thiophene rings is 2. The van der Waals surface area contributed by atoms with Gasteiger partial charge in [-0.05, 0) is 201 Å². The summed E-state index contributed by atoms with van der Waals surface area (Å²) in [6.45, 7) is 8.84. The molecule has 0 bridgehead atoms. The Morgan fingerprint density at radius 2 is 0.627 bits per heavy atom. The highest BCUT2D eigenvalue weighted by molar-refractivity contribution is 7.17. The highest BCUT2D eigenvalue weighted by atomic mass is 32.1. The number of unbranched alkanes of at least 4 members (excludes halogenated alkanes) is 12. The van der Waals surface area contributed by atoms with Crippen molar-refractivity contribution in [2.45, 2.75) is 167 Å². The molecule has 7 aromatic carbocycles. The van der Waals surface area contributed by atoms with E-state index >= 15 is 17.6 Å². The molecule has 102 heavy (non-hydrogen) atoms. The van der Waals surface area contributed by atoms with Gasteiger partial charge in [-0.2, -0.15) is 21.0 Å². The first kappa shape index (κ1) is 70.4. The summed E-state index contributed by atoms with van der Waals surface area (Å²) < 4.78 is 61.0. The molecule has 0 spiro atoms. The second-order valence-electron chi connectivity index (χ2n) is 27.6. The van der Waals surface area contributed by atoms with E-state index in [-0.39, 0.29) is 44.5 Å². The molecule has 0 fully saturated rings. The van der Waals surface area contributed by atoms with Crippen molar-refractivity contribution in [1.29, 1.82) is 21.0 Å². The Kier molecular flexibility index (Phi) is 20.9. The SMILES string of the molecule is CCCCCCc1ccc(C2(c3ccc(CCCCCC)cc3)c3cc4c(cc3-c3sc(C=C5C(=O)c6cc(F)c(F)cc6C5=C(C#N)C#N)cc32)C(c2ccc(CCCCCC)cc2)(c2ccc(CCCCCC)cc2)c2cc(C=C3C(=O)c5cc(F)c(F)cc5C3=C(C#N)C#N)sc2-4)cc1. The normalized spacial score (nSPS) is 14.8. The van der Waals surface area contributed by atoms with Gasteiger partial charge in [0, 0.05) is 52.9 Å². The lowest BCUT2D eigenvalue weighted by Crippen LogP contribution is -2.30. The van der Waals surface area contributed by atoms with Gasteiger partial charge in [0.1, 0.15) is 35.4 Å². The number of nitrogens with zero attached hydrogens (tertiary/aromatic N) is 4. The molecule has 4 aliphatic rings. The molecule has 0 saturated carbocycles. The van der Waals surface area contributed by atoms with E-state index in [1.54, 1.807) is 12.2 Å². The fraction of sp³-hybridized carbons (Fsp3) is 0.289. The number of carbonyl (C=O) groups is 2. The van der Waals surface area contributed by atoms with E-state index in [0.29, 0.717) is 9.75 Å². The number of halogens is 4. The minimum atomic E-state index is -1.22. The minimum Gasteiger partial charge on any atom is -0.289 e. The Balaban J connectivity index is 1.12. The van der Waals surface area contributed by atoms with Gasteiger partial charge >= 0.3 is 0 Å². The molecule has 0 amide bonds. The van der Waals surface area contributed by atoms with Crippen LogP contribution in [0.25, 0.3) is 44.2 Å². The van der Waals surface area contributed by atoms with Crippen molar-refractivity contribution in [3.8, 4) is 45.2 Å². The summed E-state index contributed by atoms with van der Waals surface area (Å²) in [5.41, 5.74) is 11.0. The summed E-state index contributed by atoms with van der Waals surface area (Å²) in [6, 6.07) is 56.0. The van der Waals surface area contributed by atoms with Crippen molar-refractivity contribution in [1.82, 2.24) is 0 Å². The molecule has 510 valence electrons. The Morgan fingerprint density at radius 3 is 0.892 bits per heavy atom. The van der Waals surface area contributed by atoms with Gasteiger partial charge in [-0.15, -0.1) is 22.7 Å². The predicted molar refractivity (Wildman–Crippen MR) is 402 cm³/mol. The fourth-order valence-electron chi connectivity index (χ4n) is 16.2. The second-order valence-corrected chi connectivity index (χ2v) is 29.8. The van der Waals surface area contributed by atoms with E-state index in [2.05, 4.69) is 149 Å². The molecule has 6 nitrogen and oxygen atoms in total. The maximum atomic E-state index is 15.3. The average Bonchev–Trinajstić information content (AvgIpc) is 1.49. The van der Waals surface area contributed by atoms with Crippen LogP contribution in [-0.2, 0) is 36.5 Å². The van der Waals surface area contributed by atoms with Crippen LogP contribution in [0.3, 0.4) is 0 Å². The molecule has 4 aliphatic carbocycles. The highest BCUT2D eigenvalue weighted by Crippen LogP contribution is 2.66. The Bertz CT molecular complexity index is 4650. The summed E-state index contributed by atoms with van der Waals surface area (Å²) in [5, 5.41) is 41.9. The maximum Gasteiger partial charge on any atom is 0.194 e. The quantitative estimate of drug-likeness (QED) is 0.0230. The largest absolute Gasteiger partial charge is 0.289 e. The van der Waals surface area contributed by atoms with Gasteiger partial charge in [0.2, 0.25) is 0 Å². The molecule has 2 aromatic heterocycles. The molecule has 12 heteroatoms. The van der Waals surface area contributed by atoms with Gasteiger partial charge in [-0.25, -0.2) is 17.6 Å². The molecule has 9 aromatic rings. The van der Waals surface area contributed by atoms with Crippen molar-refractivity contribution < 1.29 is 27.2 Å². The number of hydrogen-bond acceptors (Lipinski definition) is 8. The third-order valence-electron chi connectivity index (χ3n) is 21.3. The van der Waals surface area contributed by atoms with Crippen LogP contribution in [0.2, 0.25) is 0 Å². The van der Waals surface area contributed by atoms with Crippen LogP contribution in [0.15, 0.2) is 168 Å². The zero-order valence-electron chi connectivity index (χ0n) is 58.1. The zero-order chi connectivity index (χ0) is 71.4. The lowest BCUT2D eigenvalue weighted by molar-refractivity contribution is 0.103. The van der Waals surface area contributed by atoms with Crippen LogP contribution >= 0.6 is 22.7 Å². The van der Waals surface area contributed by atoms with Gasteiger partial charge in [-0.1, -0.05) is 202 Å². The molecule has 0 N–H and O–H groups in total. The number of Topliss-reactive ketones (excluding diaryl/α,β-unsaturated/α-hetero) is 2. The van der Waals surface area contributed by atoms with E-state index in [1.165, 1.54) is 44.9 Å². The minimum absolute atomic E-state index is 0.0221. The number of aryl methyl sites for hydroxylation is 4. The zero-order valence-corrected chi connectivity index (χ0v) is 59.7. The number of carbonyl (C=O) groups excluding carboxylic acids is 2. The highest BCUT2D eigenvalue weighted by Gasteiger charge is 2.53. The van der Waals surface area contributed by atoms with Crippen LogP contribution < -0.4 is 0 Å². The number of allylic oxidation sites excluding steroid dienone is 6. The van der Waals surface area contributed by atoms with Crippen molar-refractivity contribution >= 4 is 57.5 Å². The molecule has 0 unspecified atom stereocenters. The number of ketones is 2. The lowest BCUT2D eigenvalue weighted by atomic mass is 9.65. The Hall–Kier alpha value is -10.1. The molecule has 0 saturated heterocycles. The number of benzene rings is 7. The number of hydrogen-bond donors (Lipinski definition) is 0. The predicted octanol–water partition coefficient (Wildman–Crippen LogP) is 23.7. The standard InChI is InChI=1S/C90H78F4N4O2S2/c1-5-9-13-17-21-55-25-33-61(34-26-55)89(62-35-27-56(28-36-62)22-18-14-10-6-2)75-45-72-76(46-71(75)87-77(89)43-65(101-87)41-73-83(59(51-95)52-96)67-47-79(91)81(93)49-69(67)85(73)99)90(63-37-29-57(30-38-63)23-19-15-11-7-3,64-39-31-58(32-40-64)24-20-16-12-8-4)78-44-66(102-88(72)78)42-74-84(60(53-97)54-98)68-48-80(92)82(94)50-70(68)86(74)100/h25-50H,5-24H2,1-4H3. The van der Waals surface area contributed by atoms with Gasteiger partial charge < -0.3 is 0 Å². The molecule has 0 radical (unpaired) electrons. The van der Waals surface area contributed by atoms with Crippen molar-refractivity contribution in [3.63, 3.8) is 0 Å². The first-order valence-electron chi connectivity index (χ1n) is 36.2. The van der Waals surface area contributed by atoms with Crippen molar-refractivity contribution in [2.75, 3.05) is 0 Å². The fourth-order valence-corrected chi connectivity index (χ4v) is 18.5. The number of nitriles is 4. The van der Waals surface area contributed by atoms with Gasteiger partial charge in [0.05, 0.1) is 10.8 Å². The second kappa shape index (κ2) is 30.2. The maximum absolute atomic E-state index is 15.3. The smallest absolute Gasteiger partial charge is 0.194 e. The summed E-state index contributed by atoms with van der Waals surface area (Å²) >= 11 is 2.94. The van der Waals surface area contributed by atoms with Crippen molar-refractivity contribution in [3.05, 3.63) is 290 Å². The first-order valence-corrected chi connectivity index (χ1v) is 37.8. The summed E-state index contributed by atoms with van der Waals surface area (Å²) in [4.78, 5) is 32.7. The summed E-state index contributed by atoms with van der Waals surface area (Å²) in [5.74, 6) is -6.15. The Morgan fingerprint density at radius 1 is 0.353 bits per heavy atom. The molecular weight excluding hydrogens is 1310 g/mol. The molecule has 0 aliphatic heterocycles. The topological polar surface area (TPSA) is 129 Å². The van der Waals surface area contributed by atoms with Crippen LogP contribution in [0.4, 0.5) is 17.6 Å². The van der Waals surface area contributed by atoms with Gasteiger partial charge in [0.15, 0.2) is 34.8 Å². The van der Waals surface area contributed by atoms with E-state index < -0.39 is 56.8 Å². The van der Waals surface area contributed by atoms with Gasteiger partial charge in [0.25, 0.3) is 0 Å². The van der Waals surface area contributed by atoms with Crippen LogP contribution in [-0.4, -0.2) is 11.6 Å². The summed E-state index contributed by atoms with van der Waals surface area (Å²) in [6.07, 6.45) is 24.6. The first-order chi connectivity index (χ1) is 49.7. The van der Waals surface area contributed by atoms with Crippen LogP contribution in [0, 0.1) is 68.6 Å². The third kappa shape index (κ3) is 12.6. The van der Waals surface area contributed by atoms with E-state index in [1.807, 2.05) is 24.3 Å². The average molecular weight is 1390 g/mol. The molecule has 0 atom stereocenters. The number of fused-ring (bicyclic) bond motifs is 8. The Labute approximate surface area is 604 Å². The van der Waals surface area contributed by atoms with Crippen molar-refractivity contribution in [2.24, 2.45) is 0 Å².